The van der Waals surface area contributed by atoms with Crippen molar-refractivity contribution < 1.29 is 9.18 Å². The Hall–Kier alpha value is -2.07. The maximum Gasteiger partial charge on any atom is 0.252 e. The molecule has 1 N–H and O–H groups in total. The summed E-state index contributed by atoms with van der Waals surface area (Å²) in [6.07, 6.45) is 2.71. The second-order valence-corrected chi connectivity index (χ2v) is 6.08. The summed E-state index contributed by atoms with van der Waals surface area (Å²) in [7, 11) is 0. The topological polar surface area (TPSA) is 29.1 Å². The van der Waals surface area contributed by atoms with E-state index in [9.17, 15) is 9.18 Å². The molecule has 0 saturated carbocycles. The highest BCUT2D eigenvalue weighted by Gasteiger charge is 2.09. The van der Waals surface area contributed by atoms with Crippen LogP contribution < -0.4 is 5.32 Å². The van der Waals surface area contributed by atoms with Gasteiger partial charge in [-0.1, -0.05) is 43.3 Å². The average molecular weight is 329 g/mol. The lowest BCUT2D eigenvalue weighted by Gasteiger charge is -2.09. The molecule has 0 aliphatic carbocycles. The molecular weight excluding hydrogens is 309 g/mol. The van der Waals surface area contributed by atoms with E-state index in [1.807, 2.05) is 35.7 Å². The fourth-order valence-corrected chi connectivity index (χ4v) is 2.77. The number of amides is 1. The van der Waals surface area contributed by atoms with Gasteiger partial charge >= 0.3 is 0 Å². The third-order valence-electron chi connectivity index (χ3n) is 3.27. The molecule has 0 atom stereocenters. The van der Waals surface area contributed by atoms with Gasteiger partial charge in [0.05, 0.1) is 0 Å². The molecule has 2 aromatic rings. The molecule has 0 unspecified atom stereocenters. The smallest absolute Gasteiger partial charge is 0.252 e. The van der Waals surface area contributed by atoms with Crippen molar-refractivity contribution in [3.05, 3.63) is 71.4 Å². The zero-order valence-corrected chi connectivity index (χ0v) is 13.9. The van der Waals surface area contributed by atoms with Crippen LogP contribution in [0, 0.1) is 5.82 Å². The first-order valence-electron chi connectivity index (χ1n) is 7.66. The number of benzene rings is 2. The van der Waals surface area contributed by atoms with Crippen LogP contribution in [0.3, 0.4) is 0 Å². The zero-order valence-electron chi connectivity index (χ0n) is 13.1. The van der Waals surface area contributed by atoms with Gasteiger partial charge in [-0.15, -0.1) is 0 Å². The van der Waals surface area contributed by atoms with Gasteiger partial charge in [0, 0.05) is 16.2 Å². The fourth-order valence-electron chi connectivity index (χ4n) is 1.98. The van der Waals surface area contributed by atoms with Gasteiger partial charge in [-0.2, -0.15) is 0 Å². The molecule has 0 aliphatic heterocycles. The second kappa shape index (κ2) is 9.16. The first kappa shape index (κ1) is 17.3. The molecule has 0 heterocycles. The van der Waals surface area contributed by atoms with Crippen molar-refractivity contribution in [3.8, 4) is 0 Å². The molecule has 0 fully saturated rings. The quantitative estimate of drug-likeness (QED) is 0.527. The molecular formula is C19H20FNOS. The predicted molar refractivity (Wildman–Crippen MR) is 94.9 cm³/mol. The van der Waals surface area contributed by atoms with E-state index in [4.69, 9.17) is 0 Å². The van der Waals surface area contributed by atoms with Crippen molar-refractivity contribution in [1.29, 1.82) is 0 Å². The Morgan fingerprint density at radius 1 is 1.13 bits per heavy atom. The van der Waals surface area contributed by atoms with E-state index in [-0.39, 0.29) is 11.7 Å². The lowest BCUT2D eigenvalue weighted by atomic mass is 10.1. The third kappa shape index (κ3) is 5.91. The van der Waals surface area contributed by atoms with Gasteiger partial charge in [0.25, 0.3) is 5.91 Å². The minimum absolute atomic E-state index is 0.0840. The summed E-state index contributed by atoms with van der Waals surface area (Å²) in [6.45, 7) is 2.10. The Morgan fingerprint density at radius 3 is 2.48 bits per heavy atom. The van der Waals surface area contributed by atoms with E-state index in [0.717, 1.165) is 35.4 Å². The maximum absolute atomic E-state index is 12.9. The van der Waals surface area contributed by atoms with Crippen molar-refractivity contribution in [1.82, 2.24) is 0 Å². The number of thioether (sulfide) groups is 1. The minimum atomic E-state index is -0.258. The van der Waals surface area contributed by atoms with Crippen molar-refractivity contribution in [2.45, 2.75) is 31.1 Å². The summed E-state index contributed by atoms with van der Waals surface area (Å²) in [5, 5.41) is 4.78. The van der Waals surface area contributed by atoms with Gasteiger partial charge in [-0.25, -0.2) is 4.39 Å². The molecule has 1 amide bonds. The fraction of sp³-hybridized carbons (Fsp3) is 0.211. The van der Waals surface area contributed by atoms with Gasteiger partial charge < -0.3 is 5.32 Å². The third-order valence-corrected chi connectivity index (χ3v) is 4.22. The largest absolute Gasteiger partial charge is 0.322 e. The molecule has 23 heavy (non-hydrogen) atoms. The number of rotatable bonds is 7. The highest BCUT2D eigenvalue weighted by molar-refractivity contribution is 8.02. The maximum atomic E-state index is 12.9. The number of nitrogens with one attached hydrogen (secondary N) is 1. The monoisotopic (exact) mass is 329 g/mol. The van der Waals surface area contributed by atoms with Crippen molar-refractivity contribution in [2.24, 2.45) is 0 Å². The number of carbonyl (C=O) groups excluding carboxylic acids is 1. The van der Waals surface area contributed by atoms with Crippen LogP contribution in [0.25, 0.3) is 0 Å². The Kier molecular flexibility index (Phi) is 6.88. The molecule has 0 aromatic heterocycles. The van der Waals surface area contributed by atoms with E-state index in [1.165, 1.54) is 23.9 Å². The highest BCUT2D eigenvalue weighted by atomic mass is 32.2. The highest BCUT2D eigenvalue weighted by Crippen LogP contribution is 2.23. The van der Waals surface area contributed by atoms with Crippen LogP contribution in [-0.4, -0.2) is 5.91 Å². The predicted octanol–water partition coefficient (Wildman–Crippen LogP) is 5.63. The van der Waals surface area contributed by atoms with Gasteiger partial charge in [0.15, 0.2) is 0 Å². The Balaban J connectivity index is 2.06. The lowest BCUT2D eigenvalue weighted by Crippen LogP contribution is -2.14. The number of hydrogen-bond donors (Lipinski definition) is 1. The van der Waals surface area contributed by atoms with Crippen molar-refractivity contribution in [2.75, 3.05) is 5.32 Å². The zero-order chi connectivity index (χ0) is 16.5. The molecule has 120 valence electrons. The van der Waals surface area contributed by atoms with Gasteiger partial charge in [-0.3, -0.25) is 4.79 Å². The molecule has 0 radical (unpaired) electrons. The summed E-state index contributed by atoms with van der Waals surface area (Å²) in [4.78, 5) is 13.4. The van der Waals surface area contributed by atoms with E-state index in [2.05, 4.69) is 12.2 Å². The Labute approximate surface area is 140 Å². The normalized spacial score (nSPS) is 11.3. The van der Waals surface area contributed by atoms with E-state index >= 15 is 0 Å². The van der Waals surface area contributed by atoms with Gasteiger partial charge in [-0.05, 0) is 54.6 Å². The summed E-state index contributed by atoms with van der Waals surface area (Å²) in [5.41, 5.74) is 1.52. The van der Waals surface area contributed by atoms with Crippen LogP contribution in [0.5, 0.6) is 0 Å². The van der Waals surface area contributed by atoms with E-state index in [1.54, 1.807) is 12.1 Å². The summed E-state index contributed by atoms with van der Waals surface area (Å²) < 4.78 is 12.9. The number of hydrogen-bond acceptors (Lipinski definition) is 2. The molecule has 0 bridgehead atoms. The number of unbranched alkanes of at least 4 members (excludes halogenated alkanes) is 1. The van der Waals surface area contributed by atoms with Crippen molar-refractivity contribution >= 4 is 23.4 Å². The Morgan fingerprint density at radius 2 is 1.83 bits per heavy atom. The Bertz CT molecular complexity index is 653. The summed E-state index contributed by atoms with van der Waals surface area (Å²) in [6, 6.07) is 15.7. The number of carbonyl (C=O) groups is 1. The van der Waals surface area contributed by atoms with Crippen LogP contribution in [0.2, 0.25) is 0 Å². The first-order valence-corrected chi connectivity index (χ1v) is 8.54. The van der Waals surface area contributed by atoms with E-state index < -0.39 is 0 Å². The van der Waals surface area contributed by atoms with Gasteiger partial charge in [0.1, 0.15) is 5.82 Å². The van der Waals surface area contributed by atoms with Gasteiger partial charge in [0.2, 0.25) is 0 Å². The summed E-state index contributed by atoms with van der Waals surface area (Å²) >= 11 is 1.44. The average Bonchev–Trinajstić information content (AvgIpc) is 2.57. The molecule has 4 heteroatoms. The molecule has 2 nitrogen and oxygen atoms in total. The van der Waals surface area contributed by atoms with Crippen LogP contribution in [0.1, 0.15) is 26.2 Å². The number of anilines is 1. The van der Waals surface area contributed by atoms with Crippen LogP contribution in [-0.2, 0) is 4.79 Å². The SMILES string of the molecule is CCCC/C(=C\Sc1ccc(F)cc1)C(=O)Nc1ccccc1. The molecule has 2 aromatic carbocycles. The number of para-hydroxylation sites is 1. The first-order chi connectivity index (χ1) is 11.2. The van der Waals surface area contributed by atoms with E-state index in [0.29, 0.717) is 0 Å². The standard InChI is InChI=1S/C19H20FNOS/c1-2-3-7-15(14-23-18-12-10-16(20)11-13-18)19(22)21-17-8-5-4-6-9-17/h4-6,8-14H,2-3,7H2,1H3,(H,21,22)/b15-14+. The molecule has 0 saturated heterocycles. The van der Waals surface area contributed by atoms with Crippen LogP contribution in [0.4, 0.5) is 10.1 Å². The second-order valence-electron chi connectivity index (χ2n) is 5.14. The number of halogens is 1. The summed E-state index contributed by atoms with van der Waals surface area (Å²) in [5.74, 6) is -0.342. The molecule has 2 rings (SSSR count). The molecule has 0 spiro atoms. The van der Waals surface area contributed by atoms with Crippen LogP contribution in [0.15, 0.2) is 70.5 Å². The molecule has 0 aliphatic rings. The van der Waals surface area contributed by atoms with Crippen LogP contribution >= 0.6 is 11.8 Å². The lowest BCUT2D eigenvalue weighted by molar-refractivity contribution is -0.113. The van der Waals surface area contributed by atoms with Crippen molar-refractivity contribution in [3.63, 3.8) is 0 Å². The minimum Gasteiger partial charge on any atom is -0.322 e.